The van der Waals surface area contributed by atoms with Crippen molar-refractivity contribution in [3.63, 3.8) is 0 Å². The monoisotopic (exact) mass is 286 g/mol. The average molecular weight is 286 g/mol. The fourth-order valence-electron chi connectivity index (χ4n) is 1.95. The molecule has 0 rings (SSSR count). The highest BCUT2D eigenvalue weighted by atomic mass is 16.5. The van der Waals surface area contributed by atoms with Gasteiger partial charge in [0.05, 0.1) is 6.61 Å². The van der Waals surface area contributed by atoms with Gasteiger partial charge in [-0.3, -0.25) is 4.79 Å². The first-order valence-electron chi connectivity index (χ1n) is 8.82. The van der Waals surface area contributed by atoms with Crippen LogP contribution in [0.4, 0.5) is 0 Å². The van der Waals surface area contributed by atoms with Gasteiger partial charge in [0.15, 0.2) is 0 Å². The van der Waals surface area contributed by atoms with Gasteiger partial charge in [-0.15, -0.1) is 0 Å². The molecule has 0 radical (unpaired) electrons. The van der Waals surface area contributed by atoms with Crippen LogP contribution in [0.25, 0.3) is 0 Å². The molecule has 0 bridgehead atoms. The van der Waals surface area contributed by atoms with Crippen LogP contribution in [-0.2, 0) is 9.53 Å². The van der Waals surface area contributed by atoms with E-state index in [0.717, 1.165) is 6.42 Å². The van der Waals surface area contributed by atoms with Crippen molar-refractivity contribution in [2.24, 2.45) is 0 Å². The maximum Gasteiger partial charge on any atom is 0.302 e. The first-order valence-corrected chi connectivity index (χ1v) is 8.82. The van der Waals surface area contributed by atoms with Crippen molar-refractivity contribution in [1.29, 1.82) is 0 Å². The van der Waals surface area contributed by atoms with Gasteiger partial charge in [0, 0.05) is 6.92 Å². The minimum atomic E-state index is -0.163. The summed E-state index contributed by atoms with van der Waals surface area (Å²) in [5.41, 5.74) is 0. The number of unbranched alkanes of at least 4 members (excludes halogenated alkanes) is 10. The summed E-state index contributed by atoms with van der Waals surface area (Å²) in [7, 11) is 0. The Labute approximate surface area is 127 Å². The Kier molecular flexibility index (Phi) is 22.6. The first kappa shape index (κ1) is 21.8. The SMILES string of the molecule is CCCCCCCC.CCCCCCCCOC(C)=O. The van der Waals surface area contributed by atoms with Crippen molar-refractivity contribution in [2.75, 3.05) is 6.61 Å². The molecule has 0 aromatic heterocycles. The van der Waals surface area contributed by atoms with Gasteiger partial charge in [0.2, 0.25) is 0 Å². The zero-order chi connectivity index (χ0) is 15.5. The molecule has 0 aliphatic rings. The van der Waals surface area contributed by atoms with Crippen molar-refractivity contribution < 1.29 is 9.53 Å². The van der Waals surface area contributed by atoms with Crippen LogP contribution in [0.5, 0.6) is 0 Å². The summed E-state index contributed by atoms with van der Waals surface area (Å²) in [6.45, 7) is 8.77. The molecule has 20 heavy (non-hydrogen) atoms. The first-order chi connectivity index (χ1) is 9.68. The smallest absolute Gasteiger partial charge is 0.302 e. The second-order valence-corrected chi connectivity index (χ2v) is 5.52. The van der Waals surface area contributed by atoms with Gasteiger partial charge in [-0.2, -0.15) is 0 Å². The number of hydrogen-bond donors (Lipinski definition) is 0. The normalized spacial score (nSPS) is 9.80. The fourth-order valence-corrected chi connectivity index (χ4v) is 1.95. The molecule has 0 saturated heterocycles. The van der Waals surface area contributed by atoms with E-state index in [1.165, 1.54) is 77.6 Å². The van der Waals surface area contributed by atoms with Gasteiger partial charge >= 0.3 is 5.97 Å². The molecule has 2 heteroatoms. The lowest BCUT2D eigenvalue weighted by Gasteiger charge is -2.01. The summed E-state index contributed by atoms with van der Waals surface area (Å²) >= 11 is 0. The van der Waals surface area contributed by atoms with E-state index in [4.69, 9.17) is 4.74 Å². The number of rotatable bonds is 12. The molecule has 0 amide bonds. The van der Waals surface area contributed by atoms with E-state index in [9.17, 15) is 4.79 Å². The van der Waals surface area contributed by atoms with E-state index in [-0.39, 0.29) is 5.97 Å². The van der Waals surface area contributed by atoms with E-state index in [1.807, 2.05) is 0 Å². The number of esters is 1. The molecule has 0 spiro atoms. The molecule has 0 atom stereocenters. The van der Waals surface area contributed by atoms with E-state index in [2.05, 4.69) is 20.8 Å². The number of ether oxygens (including phenoxy) is 1. The number of carbonyl (C=O) groups excluding carboxylic acids is 1. The van der Waals surface area contributed by atoms with E-state index in [1.54, 1.807) is 0 Å². The topological polar surface area (TPSA) is 26.3 Å². The fraction of sp³-hybridized carbons (Fsp3) is 0.944. The lowest BCUT2D eigenvalue weighted by atomic mass is 10.1. The van der Waals surface area contributed by atoms with E-state index >= 15 is 0 Å². The summed E-state index contributed by atoms with van der Waals surface area (Å²) < 4.78 is 4.81. The third-order valence-corrected chi connectivity index (χ3v) is 3.26. The molecule has 0 aromatic rings. The van der Waals surface area contributed by atoms with E-state index in [0.29, 0.717) is 6.61 Å². The van der Waals surface area contributed by atoms with Gasteiger partial charge in [-0.05, 0) is 6.42 Å². The van der Waals surface area contributed by atoms with E-state index < -0.39 is 0 Å². The summed E-state index contributed by atoms with van der Waals surface area (Å²) in [5, 5.41) is 0. The molecule has 2 nitrogen and oxygen atoms in total. The Morgan fingerprint density at radius 3 is 1.35 bits per heavy atom. The zero-order valence-electron chi connectivity index (χ0n) is 14.5. The summed E-state index contributed by atoms with van der Waals surface area (Å²) in [6.07, 6.45) is 15.9. The van der Waals surface area contributed by atoms with Gasteiger partial charge < -0.3 is 4.74 Å². The Morgan fingerprint density at radius 1 is 0.650 bits per heavy atom. The lowest BCUT2D eigenvalue weighted by molar-refractivity contribution is -0.141. The molecule has 0 fully saturated rings. The highest BCUT2D eigenvalue weighted by Gasteiger charge is 1.92. The van der Waals surface area contributed by atoms with Crippen LogP contribution in [0.1, 0.15) is 105 Å². The van der Waals surface area contributed by atoms with Gasteiger partial charge in [0.1, 0.15) is 0 Å². The van der Waals surface area contributed by atoms with Gasteiger partial charge in [-0.1, -0.05) is 91.4 Å². The molecular weight excluding hydrogens is 248 g/mol. The molecule has 0 aliphatic carbocycles. The standard InChI is InChI=1S/C10H20O2.C8H18/c1-3-4-5-6-7-8-9-12-10(2)11;1-3-5-7-8-6-4-2/h3-9H2,1-2H3;3-8H2,1-2H3. The zero-order valence-corrected chi connectivity index (χ0v) is 14.5. The quantitative estimate of drug-likeness (QED) is 0.312. The van der Waals surface area contributed by atoms with Crippen LogP contribution >= 0.6 is 0 Å². The third kappa shape index (κ3) is 26.1. The predicted molar refractivity (Wildman–Crippen MR) is 89.1 cm³/mol. The highest BCUT2D eigenvalue weighted by Crippen LogP contribution is 2.05. The maximum atomic E-state index is 10.4. The second-order valence-electron chi connectivity index (χ2n) is 5.52. The van der Waals surface area contributed by atoms with Crippen LogP contribution in [0.3, 0.4) is 0 Å². The summed E-state index contributed by atoms with van der Waals surface area (Å²) in [5.74, 6) is -0.163. The van der Waals surface area contributed by atoms with Crippen LogP contribution in [-0.4, -0.2) is 12.6 Å². The minimum Gasteiger partial charge on any atom is -0.466 e. The molecule has 122 valence electrons. The molecule has 0 aliphatic heterocycles. The molecular formula is C18H38O2. The van der Waals surface area contributed by atoms with Gasteiger partial charge in [-0.25, -0.2) is 0 Å². The second kappa shape index (κ2) is 20.8. The Balaban J connectivity index is 0. The minimum absolute atomic E-state index is 0.163. The maximum absolute atomic E-state index is 10.4. The highest BCUT2D eigenvalue weighted by molar-refractivity contribution is 5.65. The average Bonchev–Trinajstić information content (AvgIpc) is 2.43. The molecule has 0 heterocycles. The third-order valence-electron chi connectivity index (χ3n) is 3.26. The lowest BCUT2D eigenvalue weighted by Crippen LogP contribution is -1.99. The Hall–Kier alpha value is -0.530. The molecule has 0 N–H and O–H groups in total. The van der Waals surface area contributed by atoms with Crippen molar-refractivity contribution in [2.45, 2.75) is 105 Å². The van der Waals surface area contributed by atoms with Crippen LogP contribution in [0.15, 0.2) is 0 Å². The van der Waals surface area contributed by atoms with Crippen molar-refractivity contribution in [3.8, 4) is 0 Å². The largest absolute Gasteiger partial charge is 0.466 e. The van der Waals surface area contributed by atoms with Crippen LogP contribution < -0.4 is 0 Å². The van der Waals surface area contributed by atoms with Crippen molar-refractivity contribution in [1.82, 2.24) is 0 Å². The predicted octanol–water partition coefficient (Wildman–Crippen LogP) is 6.28. The molecule has 0 saturated carbocycles. The molecule has 0 unspecified atom stereocenters. The van der Waals surface area contributed by atoms with Crippen molar-refractivity contribution in [3.05, 3.63) is 0 Å². The molecule has 0 aromatic carbocycles. The van der Waals surface area contributed by atoms with Crippen LogP contribution in [0, 0.1) is 0 Å². The number of carbonyl (C=O) groups is 1. The Bertz CT molecular complexity index is 172. The summed E-state index contributed by atoms with van der Waals surface area (Å²) in [6, 6.07) is 0. The van der Waals surface area contributed by atoms with Gasteiger partial charge in [0.25, 0.3) is 0 Å². The van der Waals surface area contributed by atoms with Crippen molar-refractivity contribution >= 4 is 5.97 Å². The number of hydrogen-bond acceptors (Lipinski definition) is 2. The summed E-state index contributed by atoms with van der Waals surface area (Å²) in [4.78, 5) is 10.4. The van der Waals surface area contributed by atoms with Crippen LogP contribution in [0.2, 0.25) is 0 Å². The Morgan fingerprint density at radius 2 is 1.00 bits per heavy atom.